The summed E-state index contributed by atoms with van der Waals surface area (Å²) in [5.74, 6) is 0.863. The van der Waals surface area contributed by atoms with Crippen LogP contribution in [-0.4, -0.2) is 30.6 Å². The van der Waals surface area contributed by atoms with Crippen molar-refractivity contribution in [2.75, 3.05) is 13.7 Å². The maximum atomic E-state index is 12.8. The number of aryl methyl sites for hydroxylation is 4. The van der Waals surface area contributed by atoms with E-state index in [1.54, 1.807) is 20.1 Å². The number of rotatable bonds is 12. The van der Waals surface area contributed by atoms with Gasteiger partial charge in [-0.15, -0.1) is 0 Å². The molecule has 2 amide bonds. The molecular formula is C27H34N4O4. The Bertz CT molecular complexity index is 1150. The molecular weight excluding hydrogens is 444 g/mol. The van der Waals surface area contributed by atoms with Gasteiger partial charge in [-0.2, -0.15) is 0 Å². The minimum atomic E-state index is -0.296. The third kappa shape index (κ3) is 7.42. The second-order valence-electron chi connectivity index (χ2n) is 8.79. The number of methoxy groups -OCH3 is 1. The molecule has 0 aliphatic heterocycles. The van der Waals surface area contributed by atoms with Crippen molar-refractivity contribution in [3.63, 3.8) is 0 Å². The number of benzene rings is 2. The zero-order valence-corrected chi connectivity index (χ0v) is 20.8. The highest BCUT2D eigenvalue weighted by atomic mass is 16.5. The van der Waals surface area contributed by atoms with Crippen LogP contribution in [-0.2, 0) is 17.8 Å². The van der Waals surface area contributed by atoms with Gasteiger partial charge in [0.1, 0.15) is 11.5 Å². The van der Waals surface area contributed by atoms with Gasteiger partial charge in [-0.3, -0.25) is 9.59 Å². The summed E-state index contributed by atoms with van der Waals surface area (Å²) in [7, 11) is 1.67. The molecule has 35 heavy (non-hydrogen) atoms. The predicted molar refractivity (Wildman–Crippen MR) is 134 cm³/mol. The summed E-state index contributed by atoms with van der Waals surface area (Å²) >= 11 is 0. The summed E-state index contributed by atoms with van der Waals surface area (Å²) < 4.78 is 10.5. The first kappa shape index (κ1) is 26.0. The molecule has 1 unspecified atom stereocenters. The van der Waals surface area contributed by atoms with E-state index >= 15 is 0 Å². The number of carbonyl (C=O) groups is 2. The maximum absolute atomic E-state index is 12.8. The SMILES string of the molecule is COc1cc(C)c(CNCC(NC(=O)c2cc(C)on2)c2ccc(CCCC(N)=O)cc2)cc1C. The molecule has 3 aromatic rings. The number of nitrogens with zero attached hydrogens (tertiary/aromatic N) is 1. The number of hydrogen-bond donors (Lipinski definition) is 3. The van der Waals surface area contributed by atoms with E-state index in [1.165, 1.54) is 5.56 Å². The lowest BCUT2D eigenvalue weighted by molar-refractivity contribution is -0.118. The number of carbonyl (C=O) groups excluding carboxylic acids is 2. The van der Waals surface area contributed by atoms with Crippen molar-refractivity contribution in [1.82, 2.24) is 15.8 Å². The second-order valence-corrected chi connectivity index (χ2v) is 8.79. The third-order valence-electron chi connectivity index (χ3n) is 5.95. The van der Waals surface area contributed by atoms with E-state index < -0.39 is 0 Å². The van der Waals surface area contributed by atoms with Crippen molar-refractivity contribution in [2.45, 2.75) is 52.6 Å². The fourth-order valence-corrected chi connectivity index (χ4v) is 3.95. The highest BCUT2D eigenvalue weighted by Crippen LogP contribution is 2.23. The van der Waals surface area contributed by atoms with E-state index in [1.807, 2.05) is 37.3 Å². The van der Waals surface area contributed by atoms with Crippen LogP contribution < -0.4 is 21.1 Å². The molecule has 0 saturated heterocycles. The van der Waals surface area contributed by atoms with Gasteiger partial charge in [0.15, 0.2) is 5.69 Å². The predicted octanol–water partition coefficient (Wildman–Crippen LogP) is 3.68. The number of nitrogens with one attached hydrogen (secondary N) is 2. The Labute approximate surface area is 206 Å². The van der Waals surface area contributed by atoms with E-state index in [0.717, 1.165) is 34.4 Å². The third-order valence-corrected chi connectivity index (χ3v) is 5.95. The molecule has 1 heterocycles. The molecule has 1 atom stereocenters. The lowest BCUT2D eigenvalue weighted by Crippen LogP contribution is -2.35. The monoisotopic (exact) mass is 478 g/mol. The first-order chi connectivity index (χ1) is 16.8. The highest BCUT2D eigenvalue weighted by molar-refractivity contribution is 5.92. The van der Waals surface area contributed by atoms with Crippen molar-refractivity contribution in [3.8, 4) is 5.75 Å². The first-order valence-corrected chi connectivity index (χ1v) is 11.7. The lowest BCUT2D eigenvalue weighted by Gasteiger charge is -2.20. The van der Waals surface area contributed by atoms with Crippen molar-refractivity contribution in [1.29, 1.82) is 0 Å². The molecule has 0 radical (unpaired) electrons. The zero-order chi connectivity index (χ0) is 25.4. The van der Waals surface area contributed by atoms with E-state index in [0.29, 0.717) is 31.7 Å². The van der Waals surface area contributed by atoms with Crippen molar-refractivity contribution in [2.24, 2.45) is 5.73 Å². The molecule has 4 N–H and O–H groups in total. The van der Waals surface area contributed by atoms with Crippen LogP contribution in [0.2, 0.25) is 0 Å². The van der Waals surface area contributed by atoms with Crippen LogP contribution in [0.25, 0.3) is 0 Å². The van der Waals surface area contributed by atoms with Gasteiger partial charge in [0, 0.05) is 25.6 Å². The minimum absolute atomic E-state index is 0.247. The Balaban J connectivity index is 1.71. The average Bonchev–Trinajstić information content (AvgIpc) is 3.27. The van der Waals surface area contributed by atoms with Crippen LogP contribution >= 0.6 is 0 Å². The quantitative estimate of drug-likeness (QED) is 0.365. The molecule has 1 aromatic heterocycles. The number of ether oxygens (including phenoxy) is 1. The molecule has 8 nitrogen and oxygen atoms in total. The molecule has 186 valence electrons. The van der Waals surface area contributed by atoms with Crippen LogP contribution in [0, 0.1) is 20.8 Å². The molecule has 0 bridgehead atoms. The smallest absolute Gasteiger partial charge is 0.274 e. The fourth-order valence-electron chi connectivity index (χ4n) is 3.95. The summed E-state index contributed by atoms with van der Waals surface area (Å²) in [6.45, 7) is 7.00. The number of aromatic nitrogens is 1. The van der Waals surface area contributed by atoms with Gasteiger partial charge in [-0.1, -0.05) is 35.5 Å². The van der Waals surface area contributed by atoms with E-state index in [9.17, 15) is 9.59 Å². The summed E-state index contributed by atoms with van der Waals surface area (Å²) in [6, 6.07) is 13.5. The zero-order valence-electron chi connectivity index (χ0n) is 20.8. The van der Waals surface area contributed by atoms with Gasteiger partial charge in [0.2, 0.25) is 5.91 Å². The Morgan fingerprint density at radius 1 is 1.09 bits per heavy atom. The minimum Gasteiger partial charge on any atom is -0.496 e. The van der Waals surface area contributed by atoms with E-state index in [4.69, 9.17) is 15.0 Å². The Morgan fingerprint density at radius 3 is 2.46 bits per heavy atom. The molecule has 2 aromatic carbocycles. The lowest BCUT2D eigenvalue weighted by atomic mass is 10.0. The number of nitrogens with two attached hydrogens (primary N) is 1. The number of amides is 2. The Kier molecular flexibility index (Phi) is 9.03. The van der Waals surface area contributed by atoms with Gasteiger partial charge >= 0.3 is 0 Å². The van der Waals surface area contributed by atoms with Crippen molar-refractivity contribution >= 4 is 11.8 Å². The van der Waals surface area contributed by atoms with Crippen molar-refractivity contribution in [3.05, 3.63) is 81.7 Å². The average molecular weight is 479 g/mol. The molecule has 3 rings (SSSR count). The number of hydrogen-bond acceptors (Lipinski definition) is 6. The fraction of sp³-hybridized carbons (Fsp3) is 0.370. The van der Waals surface area contributed by atoms with Crippen molar-refractivity contribution < 1.29 is 18.8 Å². The van der Waals surface area contributed by atoms with Crippen LogP contribution in [0.5, 0.6) is 5.75 Å². The van der Waals surface area contributed by atoms with Crippen LogP contribution in [0.15, 0.2) is 47.0 Å². The summed E-state index contributed by atoms with van der Waals surface area (Å²) in [5.41, 5.74) is 10.9. The molecule has 8 heteroatoms. The molecule has 0 saturated carbocycles. The normalized spacial score (nSPS) is 11.8. The second kappa shape index (κ2) is 12.2. The largest absolute Gasteiger partial charge is 0.496 e. The van der Waals surface area contributed by atoms with Crippen LogP contribution in [0.4, 0.5) is 0 Å². The molecule has 0 fully saturated rings. The molecule has 0 aliphatic rings. The number of primary amides is 1. The van der Waals surface area contributed by atoms with Gasteiger partial charge < -0.3 is 25.6 Å². The van der Waals surface area contributed by atoms with Gasteiger partial charge in [-0.25, -0.2) is 0 Å². The van der Waals surface area contributed by atoms with Crippen LogP contribution in [0.1, 0.15) is 62.9 Å². The van der Waals surface area contributed by atoms with E-state index in [2.05, 4.69) is 28.8 Å². The van der Waals surface area contributed by atoms with Gasteiger partial charge in [0.25, 0.3) is 5.91 Å². The summed E-state index contributed by atoms with van der Waals surface area (Å²) in [5, 5.41) is 10.4. The molecule has 0 spiro atoms. The van der Waals surface area contributed by atoms with Crippen LogP contribution in [0.3, 0.4) is 0 Å². The molecule has 0 aliphatic carbocycles. The topological polar surface area (TPSA) is 119 Å². The van der Waals surface area contributed by atoms with Gasteiger partial charge in [-0.05, 0) is 67.5 Å². The summed E-state index contributed by atoms with van der Waals surface area (Å²) in [4.78, 5) is 23.8. The first-order valence-electron chi connectivity index (χ1n) is 11.7. The summed E-state index contributed by atoms with van der Waals surface area (Å²) in [6.07, 6.45) is 1.85. The van der Waals surface area contributed by atoms with E-state index in [-0.39, 0.29) is 23.6 Å². The Hall–Kier alpha value is -3.65. The van der Waals surface area contributed by atoms with Gasteiger partial charge in [0.05, 0.1) is 13.2 Å². The standard InChI is InChI=1S/C27H34N4O4/c1-17-13-25(34-4)18(2)12-22(17)15-29-16-24(30-27(33)23-14-19(3)35-31-23)21-10-8-20(9-11-21)6-5-7-26(28)32/h8-14,24,29H,5-7,15-16H2,1-4H3,(H2,28,32)(H,30,33). The highest BCUT2D eigenvalue weighted by Gasteiger charge is 2.18. The Morgan fingerprint density at radius 2 is 1.83 bits per heavy atom. The maximum Gasteiger partial charge on any atom is 0.274 e.